The summed E-state index contributed by atoms with van der Waals surface area (Å²) in [6.45, 7) is 0. The number of carbonyl (C=O) groups excluding carboxylic acids is 1. The van der Waals surface area contributed by atoms with E-state index in [1.54, 1.807) is 6.21 Å². The number of carbonyl (C=O) groups is 2. The lowest BCUT2D eigenvalue weighted by molar-refractivity contribution is -0.137. The highest BCUT2D eigenvalue weighted by Crippen LogP contribution is 2.14. The van der Waals surface area contributed by atoms with Crippen molar-refractivity contribution in [1.82, 2.24) is 5.43 Å². The Kier molecular flexibility index (Phi) is 6.29. The molecule has 2 N–H and O–H groups in total. The Morgan fingerprint density at radius 2 is 1.74 bits per heavy atom. The van der Waals surface area contributed by atoms with Gasteiger partial charge in [-0.3, -0.25) is 9.59 Å². The number of fused-ring (bicyclic) bond motifs is 1. The molecule has 0 bridgehead atoms. The van der Waals surface area contributed by atoms with E-state index in [4.69, 9.17) is 5.11 Å². The minimum absolute atomic E-state index is 0.154. The molecule has 2 aromatic carbocycles. The predicted octanol–water partition coefficient (Wildman–Crippen LogP) is 3.33. The van der Waals surface area contributed by atoms with Gasteiger partial charge in [-0.2, -0.15) is 5.10 Å². The number of carboxylic acids is 1. The SMILES string of the molecule is O=C(O)CCCCCC(=O)N/N=C/c1ccc2ccccc2c1. The maximum absolute atomic E-state index is 11.6. The van der Waals surface area contributed by atoms with E-state index in [-0.39, 0.29) is 12.3 Å². The van der Waals surface area contributed by atoms with Crippen LogP contribution >= 0.6 is 0 Å². The molecule has 1 amide bonds. The van der Waals surface area contributed by atoms with Gasteiger partial charge in [-0.05, 0) is 35.2 Å². The molecule has 5 heteroatoms. The van der Waals surface area contributed by atoms with Gasteiger partial charge in [-0.15, -0.1) is 0 Å². The first kappa shape index (κ1) is 16.7. The molecular formula is C18H20N2O3. The Labute approximate surface area is 135 Å². The van der Waals surface area contributed by atoms with Gasteiger partial charge in [0.05, 0.1) is 6.21 Å². The second-order valence-electron chi connectivity index (χ2n) is 5.35. The van der Waals surface area contributed by atoms with E-state index in [0.717, 1.165) is 22.8 Å². The molecule has 0 aliphatic rings. The first-order chi connectivity index (χ1) is 11.1. The van der Waals surface area contributed by atoms with Gasteiger partial charge in [-0.25, -0.2) is 5.43 Å². The Balaban J connectivity index is 1.74. The Morgan fingerprint density at radius 1 is 1.00 bits per heavy atom. The first-order valence-electron chi connectivity index (χ1n) is 7.67. The largest absolute Gasteiger partial charge is 0.481 e. The minimum Gasteiger partial charge on any atom is -0.481 e. The molecule has 2 rings (SSSR count). The van der Waals surface area contributed by atoms with E-state index in [0.29, 0.717) is 19.3 Å². The number of carboxylic acid groups (broad SMARTS) is 1. The van der Waals surface area contributed by atoms with Crippen molar-refractivity contribution in [3.05, 3.63) is 48.0 Å². The third-order valence-electron chi connectivity index (χ3n) is 3.47. The van der Waals surface area contributed by atoms with Crippen LogP contribution in [0.25, 0.3) is 10.8 Å². The van der Waals surface area contributed by atoms with E-state index in [2.05, 4.69) is 10.5 Å². The van der Waals surface area contributed by atoms with Gasteiger partial charge in [0.15, 0.2) is 0 Å². The van der Waals surface area contributed by atoms with Gasteiger partial charge in [0.2, 0.25) is 5.91 Å². The van der Waals surface area contributed by atoms with Crippen LogP contribution in [-0.4, -0.2) is 23.2 Å². The summed E-state index contributed by atoms with van der Waals surface area (Å²) >= 11 is 0. The maximum atomic E-state index is 11.6. The third-order valence-corrected chi connectivity index (χ3v) is 3.47. The lowest BCUT2D eigenvalue weighted by atomic mass is 10.1. The molecule has 5 nitrogen and oxygen atoms in total. The third kappa shape index (κ3) is 5.90. The zero-order valence-electron chi connectivity index (χ0n) is 12.9. The molecule has 0 fully saturated rings. The van der Waals surface area contributed by atoms with Crippen LogP contribution < -0.4 is 5.43 Å². The molecule has 0 saturated heterocycles. The summed E-state index contributed by atoms with van der Waals surface area (Å²) in [6.07, 6.45) is 4.13. The minimum atomic E-state index is -0.797. The van der Waals surface area contributed by atoms with Gasteiger partial charge in [0.25, 0.3) is 0 Å². The molecule has 0 atom stereocenters. The Hall–Kier alpha value is -2.69. The van der Waals surface area contributed by atoms with Crippen LogP contribution in [0.3, 0.4) is 0 Å². The summed E-state index contributed by atoms with van der Waals surface area (Å²) in [5.74, 6) is -0.952. The summed E-state index contributed by atoms with van der Waals surface area (Å²) in [5, 5.41) is 14.8. The number of hydrogen-bond donors (Lipinski definition) is 2. The lowest BCUT2D eigenvalue weighted by Gasteiger charge is -2.01. The van der Waals surface area contributed by atoms with Crippen molar-refractivity contribution in [2.45, 2.75) is 32.1 Å². The van der Waals surface area contributed by atoms with Gasteiger partial charge in [0.1, 0.15) is 0 Å². The quantitative estimate of drug-likeness (QED) is 0.446. The molecule has 0 unspecified atom stereocenters. The van der Waals surface area contributed by atoms with Gasteiger partial charge < -0.3 is 5.11 Å². The molecule has 0 radical (unpaired) electrons. The topological polar surface area (TPSA) is 78.8 Å². The highest BCUT2D eigenvalue weighted by atomic mass is 16.4. The van der Waals surface area contributed by atoms with E-state index in [1.807, 2.05) is 42.5 Å². The van der Waals surface area contributed by atoms with Crippen molar-refractivity contribution in [1.29, 1.82) is 0 Å². The molecule has 120 valence electrons. The second kappa shape index (κ2) is 8.68. The standard InChI is InChI=1S/C18H20N2O3/c21-17(8-2-1-3-9-18(22)23)20-19-13-14-10-11-15-6-4-5-7-16(15)12-14/h4-7,10-13H,1-3,8-9H2,(H,20,21)(H,22,23)/b19-13+. The first-order valence-corrected chi connectivity index (χ1v) is 7.67. The average Bonchev–Trinajstić information content (AvgIpc) is 2.54. The van der Waals surface area contributed by atoms with Crippen LogP contribution in [0.1, 0.15) is 37.7 Å². The molecular weight excluding hydrogens is 292 g/mol. The monoisotopic (exact) mass is 312 g/mol. The maximum Gasteiger partial charge on any atom is 0.303 e. The van der Waals surface area contributed by atoms with Crippen LogP contribution in [0.2, 0.25) is 0 Å². The number of nitrogens with one attached hydrogen (secondary N) is 1. The van der Waals surface area contributed by atoms with Crippen molar-refractivity contribution < 1.29 is 14.7 Å². The number of hydrazone groups is 1. The van der Waals surface area contributed by atoms with Gasteiger partial charge in [0, 0.05) is 12.8 Å². The number of benzene rings is 2. The van der Waals surface area contributed by atoms with E-state index < -0.39 is 5.97 Å². The molecule has 0 aliphatic carbocycles. The predicted molar refractivity (Wildman–Crippen MR) is 90.4 cm³/mol. The van der Waals surface area contributed by atoms with Crippen LogP contribution in [0.5, 0.6) is 0 Å². The molecule has 0 aliphatic heterocycles. The molecule has 2 aromatic rings. The average molecular weight is 312 g/mol. The van der Waals surface area contributed by atoms with Crippen molar-refractivity contribution in [2.75, 3.05) is 0 Å². The lowest BCUT2D eigenvalue weighted by Crippen LogP contribution is -2.16. The molecule has 23 heavy (non-hydrogen) atoms. The second-order valence-corrected chi connectivity index (χ2v) is 5.35. The van der Waals surface area contributed by atoms with E-state index >= 15 is 0 Å². The summed E-state index contributed by atoms with van der Waals surface area (Å²) in [5.41, 5.74) is 3.41. The summed E-state index contributed by atoms with van der Waals surface area (Å²) in [7, 11) is 0. The van der Waals surface area contributed by atoms with Crippen molar-refractivity contribution in [2.24, 2.45) is 5.10 Å². The smallest absolute Gasteiger partial charge is 0.303 e. The van der Waals surface area contributed by atoms with Crippen molar-refractivity contribution >= 4 is 28.9 Å². The number of amides is 1. The van der Waals surface area contributed by atoms with Crippen LogP contribution in [0, 0.1) is 0 Å². The van der Waals surface area contributed by atoms with Crippen LogP contribution in [0.15, 0.2) is 47.6 Å². The van der Waals surface area contributed by atoms with Gasteiger partial charge >= 0.3 is 5.97 Å². The molecule has 0 spiro atoms. The number of rotatable bonds is 8. The number of aliphatic carboxylic acids is 1. The number of nitrogens with zero attached hydrogens (tertiary/aromatic N) is 1. The zero-order valence-corrected chi connectivity index (χ0v) is 12.9. The normalized spacial score (nSPS) is 11.0. The molecule has 0 aromatic heterocycles. The van der Waals surface area contributed by atoms with E-state index in [1.165, 1.54) is 0 Å². The highest BCUT2D eigenvalue weighted by Gasteiger charge is 2.01. The fourth-order valence-corrected chi connectivity index (χ4v) is 2.26. The Morgan fingerprint density at radius 3 is 2.52 bits per heavy atom. The van der Waals surface area contributed by atoms with Gasteiger partial charge in [-0.1, -0.05) is 42.8 Å². The van der Waals surface area contributed by atoms with Crippen LogP contribution in [0.4, 0.5) is 0 Å². The van der Waals surface area contributed by atoms with Crippen LogP contribution in [-0.2, 0) is 9.59 Å². The highest BCUT2D eigenvalue weighted by molar-refractivity contribution is 5.90. The van der Waals surface area contributed by atoms with Crippen molar-refractivity contribution in [3.8, 4) is 0 Å². The van der Waals surface area contributed by atoms with E-state index in [9.17, 15) is 9.59 Å². The number of hydrogen-bond acceptors (Lipinski definition) is 3. The number of unbranched alkanes of at least 4 members (excludes halogenated alkanes) is 2. The fourth-order valence-electron chi connectivity index (χ4n) is 2.26. The fraction of sp³-hybridized carbons (Fsp3) is 0.278. The molecule has 0 saturated carbocycles. The summed E-state index contributed by atoms with van der Waals surface area (Å²) in [4.78, 5) is 22.0. The van der Waals surface area contributed by atoms with Crippen molar-refractivity contribution in [3.63, 3.8) is 0 Å². The summed E-state index contributed by atoms with van der Waals surface area (Å²) in [6, 6.07) is 14.0. The molecule has 0 heterocycles. The zero-order chi connectivity index (χ0) is 16.5. The summed E-state index contributed by atoms with van der Waals surface area (Å²) < 4.78 is 0. The Bertz CT molecular complexity index is 710.